The van der Waals surface area contributed by atoms with Crippen LogP contribution in [0.25, 0.3) is 77.6 Å². The van der Waals surface area contributed by atoms with E-state index in [0.717, 1.165) is 55.7 Å². The molecule has 0 unspecified atom stereocenters. The Labute approximate surface area is 345 Å². The van der Waals surface area contributed by atoms with Gasteiger partial charge in [-0.1, -0.05) is 166 Å². The van der Waals surface area contributed by atoms with Crippen LogP contribution in [-0.2, 0) is 5.41 Å². The predicted octanol–water partition coefficient (Wildman–Crippen LogP) is 16.0. The minimum Gasteiger partial charge on any atom is -0.456 e. The molecule has 280 valence electrons. The Morgan fingerprint density at radius 1 is 0.339 bits per heavy atom. The number of nitrogens with zero attached hydrogens (tertiary/aromatic N) is 1. The van der Waals surface area contributed by atoms with Gasteiger partial charge in [0.15, 0.2) is 0 Å². The maximum absolute atomic E-state index is 6.31. The van der Waals surface area contributed by atoms with Crippen molar-refractivity contribution in [1.82, 2.24) is 0 Å². The SMILES string of the molecule is CC1(C)c2ccccc2-c2cc(-c3cccc(-c4cccc(N(c5cccc(-c6ccccc6)c5)c5cccc(-c6cccc7oc8ccccc8c67)c5)c4)c3)ccc21. The Hall–Kier alpha value is -7.42. The number of para-hydroxylation sites is 1. The fourth-order valence-electron chi connectivity index (χ4n) is 9.33. The maximum atomic E-state index is 6.31. The molecule has 0 aliphatic heterocycles. The van der Waals surface area contributed by atoms with E-state index in [1.165, 1.54) is 50.1 Å². The molecule has 1 aliphatic carbocycles. The highest BCUT2D eigenvalue weighted by Crippen LogP contribution is 2.50. The minimum absolute atomic E-state index is 0.0142. The zero-order valence-corrected chi connectivity index (χ0v) is 33.1. The molecule has 1 aliphatic rings. The van der Waals surface area contributed by atoms with Gasteiger partial charge in [0, 0.05) is 33.2 Å². The van der Waals surface area contributed by atoms with Gasteiger partial charge in [-0.25, -0.2) is 0 Å². The van der Waals surface area contributed by atoms with Crippen LogP contribution < -0.4 is 4.90 Å². The number of rotatable bonds is 7. The summed E-state index contributed by atoms with van der Waals surface area (Å²) in [5.41, 5.74) is 19.9. The molecule has 0 saturated carbocycles. The molecule has 2 heteroatoms. The molecule has 0 spiro atoms. The fraction of sp³-hybridized carbons (Fsp3) is 0.0526. The lowest BCUT2D eigenvalue weighted by molar-refractivity contribution is 0.660. The highest BCUT2D eigenvalue weighted by molar-refractivity contribution is 6.12. The Balaban J connectivity index is 1.03. The topological polar surface area (TPSA) is 16.4 Å². The van der Waals surface area contributed by atoms with Gasteiger partial charge in [0.25, 0.3) is 0 Å². The van der Waals surface area contributed by atoms with Crippen molar-refractivity contribution >= 4 is 39.0 Å². The second kappa shape index (κ2) is 13.9. The molecule has 2 nitrogen and oxygen atoms in total. The molecule has 0 N–H and O–H groups in total. The normalized spacial score (nSPS) is 12.7. The van der Waals surface area contributed by atoms with Gasteiger partial charge < -0.3 is 9.32 Å². The van der Waals surface area contributed by atoms with Crippen LogP contribution in [-0.4, -0.2) is 0 Å². The molecular formula is C57H41NO. The zero-order chi connectivity index (χ0) is 39.5. The molecule has 1 heterocycles. The molecule has 9 aromatic carbocycles. The summed E-state index contributed by atoms with van der Waals surface area (Å²) in [6.07, 6.45) is 0. The summed E-state index contributed by atoms with van der Waals surface area (Å²) in [6, 6.07) is 76.9. The van der Waals surface area contributed by atoms with Gasteiger partial charge in [0.05, 0.1) is 0 Å². The van der Waals surface area contributed by atoms with Crippen molar-refractivity contribution in [3.05, 3.63) is 223 Å². The summed E-state index contributed by atoms with van der Waals surface area (Å²) in [5.74, 6) is 0. The van der Waals surface area contributed by atoms with Crippen LogP contribution >= 0.6 is 0 Å². The van der Waals surface area contributed by atoms with Crippen LogP contribution in [0.15, 0.2) is 217 Å². The summed E-state index contributed by atoms with van der Waals surface area (Å²) in [7, 11) is 0. The van der Waals surface area contributed by atoms with E-state index in [-0.39, 0.29) is 5.41 Å². The Morgan fingerprint density at radius 3 is 1.58 bits per heavy atom. The lowest BCUT2D eigenvalue weighted by Gasteiger charge is -2.27. The molecule has 59 heavy (non-hydrogen) atoms. The van der Waals surface area contributed by atoms with Crippen LogP contribution in [0, 0.1) is 0 Å². The van der Waals surface area contributed by atoms with Crippen LogP contribution in [0.4, 0.5) is 17.1 Å². The van der Waals surface area contributed by atoms with Crippen molar-refractivity contribution in [2.75, 3.05) is 4.90 Å². The van der Waals surface area contributed by atoms with Crippen molar-refractivity contribution < 1.29 is 4.42 Å². The van der Waals surface area contributed by atoms with Gasteiger partial charge in [0.2, 0.25) is 0 Å². The minimum atomic E-state index is -0.0142. The van der Waals surface area contributed by atoms with Gasteiger partial charge >= 0.3 is 0 Å². The average Bonchev–Trinajstić information content (AvgIpc) is 3.79. The molecule has 0 amide bonds. The van der Waals surface area contributed by atoms with E-state index in [2.05, 4.69) is 219 Å². The van der Waals surface area contributed by atoms with Crippen LogP contribution in [0.2, 0.25) is 0 Å². The van der Waals surface area contributed by atoms with E-state index >= 15 is 0 Å². The second-order valence-electron chi connectivity index (χ2n) is 16.1. The van der Waals surface area contributed by atoms with Crippen LogP contribution in [0.1, 0.15) is 25.0 Å². The molecule has 1 aromatic heterocycles. The van der Waals surface area contributed by atoms with E-state index < -0.39 is 0 Å². The lowest BCUT2D eigenvalue weighted by atomic mass is 9.82. The first-order valence-electron chi connectivity index (χ1n) is 20.4. The summed E-state index contributed by atoms with van der Waals surface area (Å²) in [4.78, 5) is 2.39. The molecule has 0 atom stereocenters. The first kappa shape index (κ1) is 34.8. The lowest BCUT2D eigenvalue weighted by Crippen LogP contribution is -2.14. The van der Waals surface area contributed by atoms with E-state index in [0.29, 0.717) is 0 Å². The number of hydrogen-bond acceptors (Lipinski definition) is 2. The molecule has 0 bridgehead atoms. The van der Waals surface area contributed by atoms with Gasteiger partial charge in [-0.3, -0.25) is 0 Å². The summed E-state index contributed by atoms with van der Waals surface area (Å²) in [5, 5.41) is 2.26. The second-order valence-corrected chi connectivity index (χ2v) is 16.1. The number of benzene rings is 9. The van der Waals surface area contributed by atoms with Crippen molar-refractivity contribution in [2.45, 2.75) is 19.3 Å². The monoisotopic (exact) mass is 755 g/mol. The van der Waals surface area contributed by atoms with Crippen molar-refractivity contribution in [3.63, 3.8) is 0 Å². The highest BCUT2D eigenvalue weighted by Gasteiger charge is 2.35. The standard InChI is InChI=1S/C57H41NO/c1-57(2)52-28-8-6-25-49(52)51-37-43(31-32-53(51)57)40-18-10-17-39(33-40)42-20-12-23-46(35-42)58(45-22-11-19-41(34-45)38-15-4-3-5-16-38)47-24-13-21-44(36-47)48-27-14-30-55-56(48)50-26-7-9-29-54(50)59-55/h3-37H,1-2H3. The third-order valence-corrected chi connectivity index (χ3v) is 12.2. The van der Waals surface area contributed by atoms with Crippen molar-refractivity contribution in [1.29, 1.82) is 0 Å². The smallest absolute Gasteiger partial charge is 0.136 e. The van der Waals surface area contributed by atoms with Crippen LogP contribution in [0.3, 0.4) is 0 Å². The molecular weight excluding hydrogens is 715 g/mol. The zero-order valence-electron chi connectivity index (χ0n) is 33.1. The summed E-state index contributed by atoms with van der Waals surface area (Å²) in [6.45, 7) is 4.67. The largest absolute Gasteiger partial charge is 0.456 e. The molecule has 0 fully saturated rings. The first-order chi connectivity index (χ1) is 29.0. The van der Waals surface area contributed by atoms with E-state index in [4.69, 9.17) is 4.42 Å². The van der Waals surface area contributed by atoms with Crippen LogP contribution in [0.5, 0.6) is 0 Å². The quantitative estimate of drug-likeness (QED) is 0.161. The Morgan fingerprint density at radius 2 is 0.831 bits per heavy atom. The van der Waals surface area contributed by atoms with Gasteiger partial charge in [-0.2, -0.15) is 0 Å². The fourth-order valence-corrected chi connectivity index (χ4v) is 9.33. The molecule has 11 rings (SSSR count). The van der Waals surface area contributed by atoms with E-state index in [9.17, 15) is 0 Å². The molecule has 10 aromatic rings. The van der Waals surface area contributed by atoms with Crippen molar-refractivity contribution in [2.24, 2.45) is 0 Å². The highest BCUT2D eigenvalue weighted by atomic mass is 16.3. The number of anilines is 3. The number of furan rings is 1. The van der Waals surface area contributed by atoms with E-state index in [1.807, 2.05) is 12.1 Å². The summed E-state index contributed by atoms with van der Waals surface area (Å²) >= 11 is 0. The number of hydrogen-bond donors (Lipinski definition) is 0. The van der Waals surface area contributed by atoms with Gasteiger partial charge in [-0.05, 0) is 127 Å². The van der Waals surface area contributed by atoms with E-state index in [1.54, 1.807) is 0 Å². The third kappa shape index (κ3) is 5.96. The Kier molecular flexibility index (Phi) is 8.20. The first-order valence-corrected chi connectivity index (χ1v) is 20.4. The van der Waals surface area contributed by atoms with Gasteiger partial charge in [-0.15, -0.1) is 0 Å². The predicted molar refractivity (Wildman–Crippen MR) is 248 cm³/mol. The average molecular weight is 756 g/mol. The Bertz CT molecular complexity index is 3210. The molecule has 0 saturated heterocycles. The van der Waals surface area contributed by atoms with Crippen molar-refractivity contribution in [3.8, 4) is 55.6 Å². The molecule has 0 radical (unpaired) electrons. The summed E-state index contributed by atoms with van der Waals surface area (Å²) < 4.78 is 6.31. The van der Waals surface area contributed by atoms with Gasteiger partial charge in [0.1, 0.15) is 11.2 Å². The number of fused-ring (bicyclic) bond motifs is 6. The maximum Gasteiger partial charge on any atom is 0.136 e. The third-order valence-electron chi connectivity index (χ3n) is 12.2.